The summed E-state index contributed by atoms with van der Waals surface area (Å²) in [5, 5.41) is 0.365. The van der Waals surface area contributed by atoms with Crippen LogP contribution in [0.3, 0.4) is 0 Å². The number of hydrogen-bond acceptors (Lipinski definition) is 7. The molecule has 4 rings (SSSR count). The van der Waals surface area contributed by atoms with Crippen LogP contribution in [-0.2, 0) is 4.74 Å². The fourth-order valence-electron chi connectivity index (χ4n) is 3.34. The Labute approximate surface area is 190 Å². The Kier molecular flexibility index (Phi) is 6.21. The molecule has 0 saturated carbocycles. The van der Waals surface area contributed by atoms with Crippen molar-refractivity contribution in [2.75, 3.05) is 37.8 Å². The van der Waals surface area contributed by atoms with Gasteiger partial charge in [-0.3, -0.25) is 4.79 Å². The van der Waals surface area contributed by atoms with Gasteiger partial charge in [0, 0.05) is 30.4 Å². The van der Waals surface area contributed by atoms with E-state index in [1.165, 1.54) is 0 Å². The molecule has 0 aliphatic carbocycles. The van der Waals surface area contributed by atoms with Crippen molar-refractivity contribution >= 4 is 29.3 Å². The zero-order valence-electron chi connectivity index (χ0n) is 17.4. The number of anilines is 2. The van der Waals surface area contributed by atoms with Crippen LogP contribution in [0, 0.1) is 18.8 Å². The van der Waals surface area contributed by atoms with Gasteiger partial charge in [-0.1, -0.05) is 29.5 Å². The lowest BCUT2D eigenvalue weighted by Gasteiger charge is -2.27. The van der Waals surface area contributed by atoms with Crippen molar-refractivity contribution in [1.29, 1.82) is 0 Å². The van der Waals surface area contributed by atoms with Crippen LogP contribution in [0.5, 0.6) is 0 Å². The topological polar surface area (TPSA) is 120 Å². The number of nitrogen functional groups attached to an aromatic ring is 2. The number of amides is 1. The highest BCUT2D eigenvalue weighted by atomic mass is 35.5. The molecule has 1 aromatic carbocycles. The van der Waals surface area contributed by atoms with E-state index >= 15 is 0 Å². The monoisotopic (exact) mass is 448 g/mol. The fraction of sp³-hybridized carbons (Fsp3) is 0.217. The molecule has 1 amide bonds. The minimum Gasteiger partial charge on any atom is -0.384 e. The average Bonchev–Trinajstić information content (AvgIpc) is 2.79. The lowest BCUT2D eigenvalue weighted by Crippen LogP contribution is -2.40. The quantitative estimate of drug-likeness (QED) is 0.578. The van der Waals surface area contributed by atoms with E-state index in [1.54, 1.807) is 41.4 Å². The predicted octanol–water partition coefficient (Wildman–Crippen LogP) is 2.54. The van der Waals surface area contributed by atoms with E-state index in [0.29, 0.717) is 70.8 Å². The number of benzene rings is 1. The van der Waals surface area contributed by atoms with Gasteiger partial charge < -0.3 is 21.1 Å². The lowest BCUT2D eigenvalue weighted by atomic mass is 10.0. The zero-order chi connectivity index (χ0) is 22.7. The summed E-state index contributed by atoms with van der Waals surface area (Å²) in [6.45, 7) is 3.86. The first-order valence-electron chi connectivity index (χ1n) is 9.97. The van der Waals surface area contributed by atoms with Crippen LogP contribution in [0.2, 0.25) is 5.02 Å². The van der Waals surface area contributed by atoms with Crippen molar-refractivity contribution < 1.29 is 9.53 Å². The highest BCUT2D eigenvalue weighted by Gasteiger charge is 2.22. The molecule has 0 unspecified atom stereocenters. The van der Waals surface area contributed by atoms with Gasteiger partial charge in [-0.2, -0.15) is 0 Å². The zero-order valence-corrected chi connectivity index (χ0v) is 18.2. The molecule has 0 bridgehead atoms. The first kappa shape index (κ1) is 21.6. The summed E-state index contributed by atoms with van der Waals surface area (Å²) >= 11 is 6.37. The molecule has 3 aromatic rings. The Bertz CT molecular complexity index is 1230. The molecular weight excluding hydrogens is 428 g/mol. The minimum absolute atomic E-state index is 0.119. The number of aromatic nitrogens is 3. The van der Waals surface area contributed by atoms with Crippen LogP contribution < -0.4 is 11.5 Å². The van der Waals surface area contributed by atoms with Crippen LogP contribution in [0.15, 0.2) is 36.5 Å². The van der Waals surface area contributed by atoms with E-state index in [4.69, 9.17) is 27.8 Å². The normalized spacial score (nSPS) is 13.4. The number of carbonyl (C=O) groups is 1. The van der Waals surface area contributed by atoms with Crippen LogP contribution >= 0.6 is 11.6 Å². The standard InChI is InChI=1S/C23H21ClN6O2/c1-14-17(5-2-15-3-7-20(25)27-13-15)21(29-23(26)28-14)16-4-6-19(24)18(12-16)22(31)30-8-10-32-11-9-30/h3-4,6-7,12-13H,8-11H2,1H3,(H2,25,27)(H2,26,28,29). The molecule has 8 nitrogen and oxygen atoms in total. The van der Waals surface area contributed by atoms with E-state index in [1.807, 2.05) is 6.92 Å². The third-order valence-corrected chi connectivity index (χ3v) is 5.32. The maximum absolute atomic E-state index is 13.0. The summed E-state index contributed by atoms with van der Waals surface area (Å²) in [4.78, 5) is 27.5. The highest BCUT2D eigenvalue weighted by Crippen LogP contribution is 2.29. The van der Waals surface area contributed by atoms with Gasteiger partial charge in [0.25, 0.3) is 5.91 Å². The first-order chi connectivity index (χ1) is 15.4. The van der Waals surface area contributed by atoms with Crippen LogP contribution in [0.25, 0.3) is 11.3 Å². The van der Waals surface area contributed by atoms with Crippen molar-refractivity contribution in [3.8, 4) is 23.1 Å². The minimum atomic E-state index is -0.153. The van der Waals surface area contributed by atoms with Gasteiger partial charge in [0.05, 0.1) is 40.8 Å². The second kappa shape index (κ2) is 9.22. The number of carbonyl (C=O) groups excluding carboxylic acids is 1. The molecule has 1 aliphatic heterocycles. The second-order valence-electron chi connectivity index (χ2n) is 7.21. The number of hydrogen-bond donors (Lipinski definition) is 2. The number of morpholine rings is 1. The molecule has 1 saturated heterocycles. The highest BCUT2D eigenvalue weighted by molar-refractivity contribution is 6.34. The number of halogens is 1. The Hall–Kier alpha value is -3.67. The largest absolute Gasteiger partial charge is 0.384 e. The van der Waals surface area contributed by atoms with E-state index < -0.39 is 0 Å². The molecule has 0 spiro atoms. The summed E-state index contributed by atoms with van der Waals surface area (Å²) in [5.74, 6) is 6.55. The van der Waals surface area contributed by atoms with Crippen molar-refractivity contribution in [3.05, 3.63) is 63.9 Å². The Morgan fingerprint density at radius 2 is 1.91 bits per heavy atom. The summed E-state index contributed by atoms with van der Waals surface area (Å²) < 4.78 is 5.34. The molecule has 32 heavy (non-hydrogen) atoms. The number of nitrogens with zero attached hydrogens (tertiary/aromatic N) is 4. The summed E-state index contributed by atoms with van der Waals surface area (Å²) in [6, 6.07) is 8.65. The van der Waals surface area contributed by atoms with Crippen molar-refractivity contribution in [1.82, 2.24) is 19.9 Å². The molecule has 162 valence electrons. The molecule has 1 fully saturated rings. The van der Waals surface area contributed by atoms with Crippen molar-refractivity contribution in [3.63, 3.8) is 0 Å². The number of rotatable bonds is 2. The second-order valence-corrected chi connectivity index (χ2v) is 7.62. The van der Waals surface area contributed by atoms with Gasteiger partial charge in [0.1, 0.15) is 5.82 Å². The molecule has 3 heterocycles. The van der Waals surface area contributed by atoms with E-state index in [9.17, 15) is 4.79 Å². The Morgan fingerprint density at radius 1 is 1.12 bits per heavy atom. The van der Waals surface area contributed by atoms with E-state index in [0.717, 1.165) is 0 Å². The van der Waals surface area contributed by atoms with Gasteiger partial charge in [0.2, 0.25) is 5.95 Å². The molecule has 9 heteroatoms. The maximum atomic E-state index is 13.0. The predicted molar refractivity (Wildman–Crippen MR) is 123 cm³/mol. The van der Waals surface area contributed by atoms with Gasteiger partial charge in [-0.25, -0.2) is 15.0 Å². The van der Waals surface area contributed by atoms with Crippen molar-refractivity contribution in [2.45, 2.75) is 6.92 Å². The summed E-state index contributed by atoms with van der Waals surface area (Å²) in [5.41, 5.74) is 15.1. The smallest absolute Gasteiger partial charge is 0.255 e. The fourth-order valence-corrected chi connectivity index (χ4v) is 3.54. The van der Waals surface area contributed by atoms with Crippen LogP contribution in [0.1, 0.15) is 27.2 Å². The number of ether oxygens (including phenoxy) is 1. The number of pyridine rings is 1. The maximum Gasteiger partial charge on any atom is 0.255 e. The molecule has 4 N–H and O–H groups in total. The Morgan fingerprint density at radius 3 is 2.62 bits per heavy atom. The third kappa shape index (κ3) is 4.64. The molecule has 0 radical (unpaired) electrons. The van der Waals surface area contributed by atoms with Gasteiger partial charge >= 0.3 is 0 Å². The number of aryl methyl sites for hydroxylation is 1. The first-order valence-corrected chi connectivity index (χ1v) is 10.3. The van der Waals surface area contributed by atoms with Crippen LogP contribution in [0.4, 0.5) is 11.8 Å². The molecule has 0 atom stereocenters. The average molecular weight is 449 g/mol. The molecule has 2 aromatic heterocycles. The van der Waals surface area contributed by atoms with E-state index in [2.05, 4.69) is 26.8 Å². The lowest BCUT2D eigenvalue weighted by molar-refractivity contribution is 0.0303. The van der Waals surface area contributed by atoms with Crippen molar-refractivity contribution in [2.24, 2.45) is 0 Å². The van der Waals surface area contributed by atoms with Gasteiger partial charge in [0.15, 0.2) is 0 Å². The molecular formula is C23H21ClN6O2. The third-order valence-electron chi connectivity index (χ3n) is 4.99. The van der Waals surface area contributed by atoms with Gasteiger partial charge in [-0.05, 0) is 31.2 Å². The Balaban J connectivity index is 1.77. The molecule has 1 aliphatic rings. The number of nitrogens with two attached hydrogens (primary N) is 2. The van der Waals surface area contributed by atoms with Gasteiger partial charge in [-0.15, -0.1) is 0 Å². The SMILES string of the molecule is Cc1nc(N)nc(-c2ccc(Cl)c(C(=O)N3CCOCC3)c2)c1C#Cc1ccc(N)nc1. The van der Waals surface area contributed by atoms with Crippen LogP contribution in [-0.4, -0.2) is 52.1 Å². The summed E-state index contributed by atoms with van der Waals surface area (Å²) in [6.07, 6.45) is 1.59. The van der Waals surface area contributed by atoms with E-state index in [-0.39, 0.29) is 11.9 Å². The summed E-state index contributed by atoms with van der Waals surface area (Å²) in [7, 11) is 0.